The van der Waals surface area contributed by atoms with Crippen molar-refractivity contribution in [1.29, 1.82) is 0 Å². The van der Waals surface area contributed by atoms with Crippen LogP contribution in [-0.4, -0.2) is 78.9 Å². The van der Waals surface area contributed by atoms with E-state index in [1.807, 2.05) is 11.0 Å². The van der Waals surface area contributed by atoms with Crippen LogP contribution in [0.3, 0.4) is 0 Å². The van der Waals surface area contributed by atoms with E-state index in [1.165, 1.54) is 25.3 Å². The molecule has 8 nitrogen and oxygen atoms in total. The molecule has 2 aliphatic rings. The maximum absolute atomic E-state index is 14.9. The number of benzene rings is 1. The molecule has 1 aromatic heterocycles. The van der Waals surface area contributed by atoms with Crippen molar-refractivity contribution in [3.63, 3.8) is 0 Å². The lowest BCUT2D eigenvalue weighted by molar-refractivity contribution is -0.143. The van der Waals surface area contributed by atoms with E-state index >= 15 is 0 Å². The van der Waals surface area contributed by atoms with Gasteiger partial charge in [0.1, 0.15) is 11.6 Å². The fraction of sp³-hybridized carbons (Fsp3) is 0.417. The Hall–Kier alpha value is -3.04. The highest BCUT2D eigenvalue weighted by Crippen LogP contribution is 2.41. The highest BCUT2D eigenvalue weighted by atomic mass is 35.5. The third kappa shape index (κ3) is 4.63. The summed E-state index contributed by atoms with van der Waals surface area (Å²) >= 11 is 5.91. The minimum Gasteiger partial charge on any atom is -0.383 e. The minimum absolute atomic E-state index is 0.0608. The Balaban J connectivity index is 1.53. The summed E-state index contributed by atoms with van der Waals surface area (Å²) in [5.41, 5.74) is -1.49. The van der Waals surface area contributed by atoms with Crippen LogP contribution in [0.5, 0.6) is 0 Å². The molecule has 2 aromatic rings. The number of methoxy groups -OCH3 is 1. The van der Waals surface area contributed by atoms with Gasteiger partial charge in [0.2, 0.25) is 17.7 Å². The first-order chi connectivity index (χ1) is 16.4. The van der Waals surface area contributed by atoms with Crippen molar-refractivity contribution in [2.45, 2.75) is 18.3 Å². The van der Waals surface area contributed by atoms with Crippen LogP contribution in [0.15, 0.2) is 42.6 Å². The largest absolute Gasteiger partial charge is 0.383 e. The van der Waals surface area contributed by atoms with Crippen LogP contribution >= 0.6 is 11.6 Å². The highest BCUT2D eigenvalue weighted by molar-refractivity contribution is 6.30. The second-order valence-corrected chi connectivity index (χ2v) is 8.90. The van der Waals surface area contributed by atoms with E-state index in [0.717, 1.165) is 10.7 Å². The summed E-state index contributed by atoms with van der Waals surface area (Å²) in [6.07, 6.45) is 1.04. The van der Waals surface area contributed by atoms with Crippen molar-refractivity contribution >= 4 is 35.1 Å². The normalized spacial score (nSPS) is 20.9. The summed E-state index contributed by atoms with van der Waals surface area (Å²) in [6, 6.07) is 9.44. The number of hydrogen-bond acceptors (Lipinski definition) is 6. The third-order valence-corrected chi connectivity index (χ3v) is 6.66. The topological polar surface area (TPSA) is 83.1 Å². The van der Waals surface area contributed by atoms with Crippen molar-refractivity contribution in [1.82, 2.24) is 14.8 Å². The van der Waals surface area contributed by atoms with Gasteiger partial charge in [-0.05, 0) is 18.2 Å². The molecule has 34 heavy (non-hydrogen) atoms. The molecule has 0 bridgehead atoms. The van der Waals surface area contributed by atoms with E-state index in [-0.39, 0.29) is 37.5 Å². The number of rotatable bonds is 7. The number of carbonyl (C=O) groups excluding carboxylic acids is 3. The summed E-state index contributed by atoms with van der Waals surface area (Å²) in [7, 11) is 1.47. The molecule has 3 amide bonds. The van der Waals surface area contributed by atoms with Gasteiger partial charge in [-0.2, -0.15) is 0 Å². The van der Waals surface area contributed by atoms with Gasteiger partial charge in [0.05, 0.1) is 23.6 Å². The number of aromatic nitrogens is 1. The number of ether oxygens (including phenoxy) is 1. The average Bonchev–Trinajstić information content (AvgIpc) is 3.07. The van der Waals surface area contributed by atoms with Crippen LogP contribution in [-0.2, 0) is 24.5 Å². The maximum atomic E-state index is 14.9. The monoisotopic (exact) mass is 488 g/mol. The maximum Gasteiger partial charge on any atom is 0.241 e. The van der Waals surface area contributed by atoms with Crippen LogP contribution in [0.25, 0.3) is 0 Å². The van der Waals surface area contributed by atoms with Gasteiger partial charge in [0.25, 0.3) is 0 Å². The van der Waals surface area contributed by atoms with Crippen molar-refractivity contribution < 1.29 is 23.5 Å². The Labute approximate surface area is 202 Å². The van der Waals surface area contributed by atoms with Gasteiger partial charge in [-0.15, -0.1) is 0 Å². The van der Waals surface area contributed by atoms with Gasteiger partial charge in [-0.25, -0.2) is 9.37 Å². The minimum atomic E-state index is -1.57. The number of anilines is 1. The third-order valence-electron chi connectivity index (χ3n) is 6.44. The summed E-state index contributed by atoms with van der Waals surface area (Å²) < 4.78 is 19.9. The van der Waals surface area contributed by atoms with E-state index in [4.69, 9.17) is 16.3 Å². The molecule has 3 heterocycles. The Morgan fingerprint density at radius 2 is 1.88 bits per heavy atom. The van der Waals surface area contributed by atoms with Gasteiger partial charge < -0.3 is 14.5 Å². The van der Waals surface area contributed by atoms with E-state index in [0.29, 0.717) is 31.2 Å². The Morgan fingerprint density at radius 3 is 2.53 bits per heavy atom. The molecular weight excluding hydrogens is 463 g/mol. The molecule has 1 unspecified atom stereocenters. The summed E-state index contributed by atoms with van der Waals surface area (Å²) in [5, 5.41) is 0.548. The summed E-state index contributed by atoms with van der Waals surface area (Å²) in [4.78, 5) is 48.7. The lowest BCUT2D eigenvalue weighted by Crippen LogP contribution is -2.51. The lowest BCUT2D eigenvalue weighted by atomic mass is 9.75. The highest BCUT2D eigenvalue weighted by Gasteiger charge is 2.55. The van der Waals surface area contributed by atoms with Crippen LogP contribution in [0, 0.1) is 5.82 Å². The smallest absolute Gasteiger partial charge is 0.241 e. The molecule has 2 aliphatic heterocycles. The van der Waals surface area contributed by atoms with E-state index in [1.54, 1.807) is 23.2 Å². The van der Waals surface area contributed by atoms with Gasteiger partial charge in [-0.1, -0.05) is 29.8 Å². The second kappa shape index (κ2) is 10.1. The SMILES string of the molecule is COCCN1C(=O)CC(CC(=O)N2CCN(c3ccc(Cl)cn3)CC2)(c2ccccc2F)C1=O. The Morgan fingerprint density at radius 1 is 1.15 bits per heavy atom. The average molecular weight is 489 g/mol. The van der Waals surface area contributed by atoms with Gasteiger partial charge in [-0.3, -0.25) is 19.3 Å². The molecule has 0 radical (unpaired) electrons. The summed E-state index contributed by atoms with van der Waals surface area (Å²) in [5.74, 6) is -1.12. The molecule has 180 valence electrons. The lowest BCUT2D eigenvalue weighted by Gasteiger charge is -2.37. The number of hydrogen-bond donors (Lipinski definition) is 0. The number of halogens is 2. The Bertz CT molecular complexity index is 1070. The number of carbonyl (C=O) groups is 3. The van der Waals surface area contributed by atoms with Crippen molar-refractivity contribution in [2.75, 3.05) is 51.3 Å². The molecule has 4 rings (SSSR count). The molecular formula is C24H26ClFN4O4. The predicted octanol–water partition coefficient (Wildman–Crippen LogP) is 2.26. The first kappa shape index (κ1) is 24.1. The Kier molecular flexibility index (Phi) is 7.13. The zero-order chi connectivity index (χ0) is 24.3. The van der Waals surface area contributed by atoms with Crippen LogP contribution in [0.2, 0.25) is 5.02 Å². The summed E-state index contributed by atoms with van der Waals surface area (Å²) in [6.45, 7) is 2.18. The predicted molar refractivity (Wildman–Crippen MR) is 124 cm³/mol. The molecule has 2 fully saturated rings. The fourth-order valence-electron chi connectivity index (χ4n) is 4.61. The quantitative estimate of drug-likeness (QED) is 0.556. The molecule has 0 spiro atoms. The molecule has 10 heteroatoms. The standard InChI is InChI=1S/C24H26ClFN4O4/c1-34-13-12-30-22(32)15-24(23(30)33,18-4-2-3-5-19(18)26)14-21(31)29-10-8-28(9-11-29)20-7-6-17(25)16-27-20/h2-7,16H,8-15H2,1H3. The van der Waals surface area contributed by atoms with E-state index < -0.39 is 23.0 Å². The van der Waals surface area contributed by atoms with Crippen LogP contribution in [0.4, 0.5) is 10.2 Å². The number of nitrogens with zero attached hydrogens (tertiary/aromatic N) is 4. The van der Waals surface area contributed by atoms with Crippen LogP contribution in [0.1, 0.15) is 18.4 Å². The van der Waals surface area contributed by atoms with Crippen molar-refractivity contribution in [2.24, 2.45) is 0 Å². The first-order valence-corrected chi connectivity index (χ1v) is 11.5. The molecule has 1 atom stereocenters. The molecule has 2 saturated heterocycles. The fourth-order valence-corrected chi connectivity index (χ4v) is 4.72. The zero-order valence-electron chi connectivity index (χ0n) is 18.9. The van der Waals surface area contributed by atoms with Gasteiger partial charge >= 0.3 is 0 Å². The molecule has 0 aliphatic carbocycles. The number of piperazine rings is 1. The number of pyridine rings is 1. The van der Waals surface area contributed by atoms with E-state index in [9.17, 15) is 18.8 Å². The molecule has 0 N–H and O–H groups in total. The number of amides is 3. The first-order valence-electron chi connectivity index (χ1n) is 11.1. The van der Waals surface area contributed by atoms with Crippen molar-refractivity contribution in [3.8, 4) is 0 Å². The van der Waals surface area contributed by atoms with Gasteiger partial charge in [0.15, 0.2) is 0 Å². The second-order valence-electron chi connectivity index (χ2n) is 8.46. The molecule has 1 aromatic carbocycles. The number of likely N-dealkylation sites (tertiary alicyclic amines) is 1. The van der Waals surface area contributed by atoms with Gasteiger partial charge in [0, 0.05) is 57.9 Å². The van der Waals surface area contributed by atoms with Crippen LogP contribution < -0.4 is 4.90 Å². The zero-order valence-corrected chi connectivity index (χ0v) is 19.6. The number of imide groups is 1. The van der Waals surface area contributed by atoms with E-state index in [2.05, 4.69) is 4.98 Å². The van der Waals surface area contributed by atoms with Crippen molar-refractivity contribution in [3.05, 3.63) is 59.0 Å². The molecule has 0 saturated carbocycles.